The number of nitriles is 1. The van der Waals surface area contributed by atoms with Crippen molar-refractivity contribution in [2.75, 3.05) is 19.0 Å². The first-order valence-corrected chi connectivity index (χ1v) is 8.04. The fraction of sp³-hybridized carbons (Fsp3) is 0.150. The minimum atomic E-state index is -0.645. The van der Waals surface area contributed by atoms with Crippen molar-refractivity contribution in [2.45, 2.75) is 6.92 Å². The summed E-state index contributed by atoms with van der Waals surface area (Å²) in [6.07, 6.45) is 0. The third-order valence-electron chi connectivity index (χ3n) is 4.28. The Morgan fingerprint density at radius 1 is 1.08 bits per heavy atom. The molecular weight excluding hydrogens is 330 g/mol. The van der Waals surface area contributed by atoms with Crippen LogP contribution in [0, 0.1) is 18.3 Å². The molecule has 0 unspecified atom stereocenters. The van der Waals surface area contributed by atoms with Gasteiger partial charge in [0.2, 0.25) is 5.89 Å². The zero-order chi connectivity index (χ0) is 18.4. The molecule has 0 aliphatic heterocycles. The number of aryl methyl sites for hydroxylation is 1. The van der Waals surface area contributed by atoms with Gasteiger partial charge in [0.15, 0.2) is 5.58 Å². The SMILES string of the molecule is Cc1ccc2oc(-c3c(C#N)c4ccc(N(C)C)cc4oc3=O)nc2c1. The van der Waals surface area contributed by atoms with Crippen molar-refractivity contribution in [1.29, 1.82) is 5.26 Å². The van der Waals surface area contributed by atoms with Crippen LogP contribution in [0.1, 0.15) is 11.1 Å². The molecule has 128 valence electrons. The van der Waals surface area contributed by atoms with Gasteiger partial charge >= 0.3 is 5.63 Å². The molecule has 0 spiro atoms. The lowest BCUT2D eigenvalue weighted by atomic mass is 10.0. The predicted octanol–water partition coefficient (Wildman–Crippen LogP) is 3.85. The van der Waals surface area contributed by atoms with Crippen molar-refractivity contribution in [2.24, 2.45) is 0 Å². The molecule has 2 heterocycles. The molecule has 2 aromatic carbocycles. The van der Waals surface area contributed by atoms with Gasteiger partial charge < -0.3 is 13.7 Å². The van der Waals surface area contributed by atoms with E-state index in [0.717, 1.165) is 11.3 Å². The van der Waals surface area contributed by atoms with Crippen LogP contribution in [0.3, 0.4) is 0 Å². The van der Waals surface area contributed by atoms with Gasteiger partial charge in [0, 0.05) is 31.2 Å². The highest BCUT2D eigenvalue weighted by Gasteiger charge is 2.21. The molecule has 6 nitrogen and oxygen atoms in total. The average Bonchev–Trinajstić information content (AvgIpc) is 3.02. The first kappa shape index (κ1) is 15.9. The van der Waals surface area contributed by atoms with Gasteiger partial charge in [-0.1, -0.05) is 6.07 Å². The van der Waals surface area contributed by atoms with E-state index >= 15 is 0 Å². The number of nitrogens with zero attached hydrogens (tertiary/aromatic N) is 3. The quantitative estimate of drug-likeness (QED) is 0.513. The third kappa shape index (κ3) is 2.42. The van der Waals surface area contributed by atoms with Gasteiger partial charge in [0.05, 0.1) is 5.56 Å². The van der Waals surface area contributed by atoms with Gasteiger partial charge in [0.25, 0.3) is 0 Å². The topological polar surface area (TPSA) is 83.3 Å². The molecule has 0 amide bonds. The van der Waals surface area contributed by atoms with E-state index in [1.54, 1.807) is 18.2 Å². The number of fused-ring (bicyclic) bond motifs is 2. The van der Waals surface area contributed by atoms with E-state index in [-0.39, 0.29) is 17.0 Å². The number of oxazole rings is 1. The Hall–Kier alpha value is -3.59. The fourth-order valence-corrected chi connectivity index (χ4v) is 2.92. The molecule has 0 radical (unpaired) electrons. The van der Waals surface area contributed by atoms with E-state index in [9.17, 15) is 10.1 Å². The van der Waals surface area contributed by atoms with Crippen LogP contribution in [0.2, 0.25) is 0 Å². The van der Waals surface area contributed by atoms with Crippen LogP contribution in [-0.4, -0.2) is 19.1 Å². The molecule has 0 aliphatic carbocycles. The van der Waals surface area contributed by atoms with Crippen molar-refractivity contribution in [3.8, 4) is 17.5 Å². The van der Waals surface area contributed by atoms with E-state index in [0.29, 0.717) is 22.1 Å². The highest BCUT2D eigenvalue weighted by atomic mass is 16.4. The Kier molecular flexibility index (Phi) is 3.51. The van der Waals surface area contributed by atoms with E-state index in [1.807, 2.05) is 44.1 Å². The largest absolute Gasteiger partial charge is 0.436 e. The van der Waals surface area contributed by atoms with Crippen LogP contribution in [-0.2, 0) is 0 Å². The normalized spacial score (nSPS) is 11.0. The van der Waals surface area contributed by atoms with Gasteiger partial charge in [-0.15, -0.1) is 0 Å². The molecule has 0 bridgehead atoms. The fourth-order valence-electron chi connectivity index (χ4n) is 2.92. The Bertz CT molecular complexity index is 1260. The summed E-state index contributed by atoms with van der Waals surface area (Å²) in [6.45, 7) is 1.95. The Balaban J connectivity index is 2.02. The summed E-state index contributed by atoms with van der Waals surface area (Å²) in [7, 11) is 3.78. The number of rotatable bonds is 2. The predicted molar refractivity (Wildman–Crippen MR) is 99.3 cm³/mol. The van der Waals surface area contributed by atoms with Crippen LogP contribution in [0.25, 0.3) is 33.5 Å². The Morgan fingerprint density at radius 3 is 2.62 bits per heavy atom. The molecule has 4 rings (SSSR count). The van der Waals surface area contributed by atoms with Gasteiger partial charge in [-0.2, -0.15) is 5.26 Å². The van der Waals surface area contributed by atoms with Crippen molar-refractivity contribution in [3.05, 3.63) is 57.9 Å². The Labute approximate surface area is 148 Å². The van der Waals surface area contributed by atoms with Crippen molar-refractivity contribution < 1.29 is 8.83 Å². The standard InChI is InChI=1S/C20H15N3O3/c1-11-4-7-16-15(8-11)22-19(25-16)18-14(10-21)13-6-5-12(23(2)3)9-17(13)26-20(18)24/h4-9H,1-3H3. The van der Waals surface area contributed by atoms with Crippen molar-refractivity contribution in [3.63, 3.8) is 0 Å². The number of aromatic nitrogens is 1. The summed E-state index contributed by atoms with van der Waals surface area (Å²) < 4.78 is 11.2. The minimum absolute atomic E-state index is 0.0476. The molecular formula is C20H15N3O3. The lowest BCUT2D eigenvalue weighted by Crippen LogP contribution is -2.10. The highest BCUT2D eigenvalue weighted by Crippen LogP contribution is 2.30. The second kappa shape index (κ2) is 5.74. The van der Waals surface area contributed by atoms with E-state index in [2.05, 4.69) is 11.1 Å². The molecule has 4 aromatic rings. The maximum Gasteiger partial charge on any atom is 0.350 e. The van der Waals surface area contributed by atoms with Crippen LogP contribution in [0.5, 0.6) is 0 Å². The lowest BCUT2D eigenvalue weighted by Gasteiger charge is -2.13. The van der Waals surface area contributed by atoms with Crippen molar-refractivity contribution >= 4 is 27.8 Å². The summed E-state index contributed by atoms with van der Waals surface area (Å²) in [5.41, 5.74) is 3.04. The molecule has 6 heteroatoms. The molecule has 0 saturated heterocycles. The molecule has 0 N–H and O–H groups in total. The smallest absolute Gasteiger partial charge is 0.350 e. The summed E-state index contributed by atoms with van der Waals surface area (Å²) in [5, 5.41) is 10.2. The van der Waals surface area contributed by atoms with Crippen LogP contribution in [0.4, 0.5) is 5.69 Å². The van der Waals surface area contributed by atoms with Gasteiger partial charge in [-0.05, 0) is 36.8 Å². The lowest BCUT2D eigenvalue weighted by molar-refractivity contribution is 0.553. The van der Waals surface area contributed by atoms with Gasteiger partial charge in [-0.3, -0.25) is 0 Å². The molecule has 0 fully saturated rings. The number of hydrogen-bond acceptors (Lipinski definition) is 6. The second-order valence-corrected chi connectivity index (χ2v) is 6.32. The molecule has 0 atom stereocenters. The molecule has 26 heavy (non-hydrogen) atoms. The first-order valence-electron chi connectivity index (χ1n) is 8.04. The van der Waals surface area contributed by atoms with E-state index in [1.165, 1.54) is 0 Å². The zero-order valence-electron chi connectivity index (χ0n) is 14.5. The molecule has 0 aliphatic rings. The average molecular weight is 345 g/mol. The zero-order valence-corrected chi connectivity index (χ0v) is 14.5. The number of hydrogen-bond donors (Lipinski definition) is 0. The molecule has 2 aromatic heterocycles. The Morgan fingerprint density at radius 2 is 1.88 bits per heavy atom. The highest BCUT2D eigenvalue weighted by molar-refractivity contribution is 5.91. The summed E-state index contributed by atoms with van der Waals surface area (Å²) in [5.74, 6) is 0.0921. The summed E-state index contributed by atoms with van der Waals surface area (Å²) in [6, 6.07) is 13.0. The first-order chi connectivity index (χ1) is 12.5. The number of anilines is 1. The second-order valence-electron chi connectivity index (χ2n) is 6.32. The maximum atomic E-state index is 12.6. The van der Waals surface area contributed by atoms with E-state index in [4.69, 9.17) is 8.83 Å². The minimum Gasteiger partial charge on any atom is -0.436 e. The van der Waals surface area contributed by atoms with Gasteiger partial charge in [-0.25, -0.2) is 9.78 Å². The monoisotopic (exact) mass is 345 g/mol. The van der Waals surface area contributed by atoms with Crippen molar-refractivity contribution in [1.82, 2.24) is 4.98 Å². The summed E-state index contributed by atoms with van der Waals surface area (Å²) in [4.78, 5) is 18.9. The summed E-state index contributed by atoms with van der Waals surface area (Å²) >= 11 is 0. The van der Waals surface area contributed by atoms with Crippen LogP contribution in [0.15, 0.2) is 50.0 Å². The molecule has 0 saturated carbocycles. The maximum absolute atomic E-state index is 12.6. The van der Waals surface area contributed by atoms with Gasteiger partial charge in [0.1, 0.15) is 22.7 Å². The van der Waals surface area contributed by atoms with Crippen LogP contribution >= 0.6 is 0 Å². The third-order valence-corrected chi connectivity index (χ3v) is 4.28. The number of benzene rings is 2. The van der Waals surface area contributed by atoms with E-state index < -0.39 is 5.63 Å². The van der Waals surface area contributed by atoms with Crippen LogP contribution < -0.4 is 10.5 Å².